The quantitative estimate of drug-likeness (QED) is 0.323. The Kier molecular flexibility index (Phi) is 12.0. The third-order valence-corrected chi connectivity index (χ3v) is 4.79. The van der Waals surface area contributed by atoms with Gasteiger partial charge in [-0.3, -0.25) is 14.4 Å². The fraction of sp³-hybridized carbons (Fsp3) is 0.500. The molecule has 0 bridgehead atoms. The number of amides is 4. The van der Waals surface area contributed by atoms with Crippen molar-refractivity contribution < 1.29 is 33.4 Å². The van der Waals surface area contributed by atoms with Crippen molar-refractivity contribution in [3.63, 3.8) is 0 Å². The van der Waals surface area contributed by atoms with Crippen LogP contribution in [0.1, 0.15) is 32.8 Å². The highest BCUT2D eigenvalue weighted by atomic mass is 16.5. The normalized spacial score (nSPS) is 13.0. The van der Waals surface area contributed by atoms with Gasteiger partial charge in [0.1, 0.15) is 25.2 Å². The molecule has 0 heterocycles. The summed E-state index contributed by atoms with van der Waals surface area (Å²) in [7, 11) is 1.23. The molecule has 11 heteroatoms. The summed E-state index contributed by atoms with van der Waals surface area (Å²) in [4.78, 5) is 59.7. The van der Waals surface area contributed by atoms with Crippen molar-refractivity contribution in [2.75, 3.05) is 20.2 Å². The lowest BCUT2D eigenvalue weighted by Crippen LogP contribution is -2.53. The number of hydrogen-bond acceptors (Lipinski definition) is 7. The summed E-state index contributed by atoms with van der Waals surface area (Å²) < 4.78 is 9.69. The van der Waals surface area contributed by atoms with E-state index in [2.05, 4.69) is 21.3 Å². The van der Waals surface area contributed by atoms with Crippen LogP contribution in [-0.2, 0) is 35.3 Å². The van der Waals surface area contributed by atoms with Gasteiger partial charge < -0.3 is 30.7 Å². The summed E-state index contributed by atoms with van der Waals surface area (Å²) in [5.41, 5.74) is 0.800. The number of carbonyl (C=O) groups is 5. The van der Waals surface area contributed by atoms with Gasteiger partial charge in [-0.25, -0.2) is 9.59 Å². The molecular formula is C22H32N4O7. The van der Waals surface area contributed by atoms with Crippen LogP contribution in [0.4, 0.5) is 4.79 Å². The molecule has 4 amide bonds. The molecule has 3 atom stereocenters. The number of ether oxygens (including phenoxy) is 2. The fourth-order valence-electron chi connectivity index (χ4n) is 2.60. The van der Waals surface area contributed by atoms with Crippen molar-refractivity contribution in [1.29, 1.82) is 0 Å². The smallest absolute Gasteiger partial charge is 0.407 e. The highest BCUT2D eigenvalue weighted by Crippen LogP contribution is 2.09. The molecule has 0 radical (unpaired) electrons. The van der Waals surface area contributed by atoms with E-state index < -0.39 is 48.4 Å². The monoisotopic (exact) mass is 464 g/mol. The molecular weight excluding hydrogens is 432 g/mol. The molecule has 182 valence electrons. The number of esters is 1. The minimum atomic E-state index is -0.947. The highest BCUT2D eigenvalue weighted by molar-refractivity contribution is 5.92. The van der Waals surface area contributed by atoms with E-state index in [4.69, 9.17) is 9.47 Å². The third kappa shape index (κ3) is 10.5. The Morgan fingerprint density at radius 1 is 0.909 bits per heavy atom. The summed E-state index contributed by atoms with van der Waals surface area (Å²) in [5, 5.41) is 9.60. The van der Waals surface area contributed by atoms with Gasteiger partial charge >= 0.3 is 12.1 Å². The van der Waals surface area contributed by atoms with Gasteiger partial charge in [-0.1, -0.05) is 50.6 Å². The van der Waals surface area contributed by atoms with Crippen LogP contribution >= 0.6 is 0 Å². The van der Waals surface area contributed by atoms with Crippen molar-refractivity contribution in [3.05, 3.63) is 35.9 Å². The van der Waals surface area contributed by atoms with Gasteiger partial charge in [0.2, 0.25) is 17.7 Å². The zero-order chi connectivity index (χ0) is 24.8. The maximum Gasteiger partial charge on any atom is 0.407 e. The molecule has 1 aromatic rings. The Bertz CT molecular complexity index is 816. The van der Waals surface area contributed by atoms with Gasteiger partial charge in [-0.15, -0.1) is 0 Å². The molecule has 0 saturated heterocycles. The van der Waals surface area contributed by atoms with E-state index in [1.807, 2.05) is 25.1 Å². The van der Waals surface area contributed by atoms with Crippen LogP contribution in [0.15, 0.2) is 30.3 Å². The summed E-state index contributed by atoms with van der Waals surface area (Å²) in [6.07, 6.45) is -0.133. The van der Waals surface area contributed by atoms with Crippen LogP contribution in [0, 0.1) is 5.92 Å². The zero-order valence-electron chi connectivity index (χ0n) is 19.3. The van der Waals surface area contributed by atoms with Crippen molar-refractivity contribution in [2.45, 2.75) is 45.9 Å². The van der Waals surface area contributed by atoms with E-state index in [0.29, 0.717) is 6.42 Å². The predicted molar refractivity (Wildman–Crippen MR) is 119 cm³/mol. The van der Waals surface area contributed by atoms with Gasteiger partial charge in [0.25, 0.3) is 0 Å². The summed E-state index contributed by atoms with van der Waals surface area (Å²) in [6.45, 7) is 4.40. The van der Waals surface area contributed by atoms with Crippen LogP contribution in [0.2, 0.25) is 0 Å². The number of hydrogen-bond donors (Lipinski definition) is 4. The molecule has 0 spiro atoms. The van der Waals surface area contributed by atoms with Crippen molar-refractivity contribution in [1.82, 2.24) is 21.3 Å². The highest BCUT2D eigenvalue weighted by Gasteiger charge is 2.28. The summed E-state index contributed by atoms with van der Waals surface area (Å²) >= 11 is 0. The first-order valence-electron chi connectivity index (χ1n) is 10.6. The number of alkyl carbamates (subject to hydrolysis) is 1. The molecule has 0 aliphatic rings. The Morgan fingerprint density at radius 2 is 1.55 bits per heavy atom. The lowest BCUT2D eigenvalue weighted by atomic mass is 9.99. The molecule has 0 aromatic heterocycles. The van der Waals surface area contributed by atoms with E-state index in [9.17, 15) is 24.0 Å². The van der Waals surface area contributed by atoms with Gasteiger partial charge in [-0.2, -0.15) is 0 Å². The van der Waals surface area contributed by atoms with Gasteiger partial charge in [-0.05, 0) is 18.4 Å². The Balaban J connectivity index is 2.33. The van der Waals surface area contributed by atoms with Crippen LogP contribution in [-0.4, -0.2) is 62.1 Å². The van der Waals surface area contributed by atoms with Gasteiger partial charge in [0, 0.05) is 0 Å². The topological polar surface area (TPSA) is 152 Å². The predicted octanol–water partition coefficient (Wildman–Crippen LogP) is 0.238. The van der Waals surface area contributed by atoms with Crippen molar-refractivity contribution >= 4 is 29.8 Å². The van der Waals surface area contributed by atoms with E-state index >= 15 is 0 Å². The second-order valence-electron chi connectivity index (χ2n) is 7.38. The first kappa shape index (κ1) is 27.4. The van der Waals surface area contributed by atoms with Gasteiger partial charge in [0.15, 0.2) is 0 Å². The Hall–Kier alpha value is -3.63. The van der Waals surface area contributed by atoms with Crippen LogP contribution < -0.4 is 21.3 Å². The lowest BCUT2D eigenvalue weighted by molar-refractivity contribution is -0.146. The van der Waals surface area contributed by atoms with E-state index in [1.165, 1.54) is 14.0 Å². The first-order chi connectivity index (χ1) is 15.7. The SMILES string of the molecule is CC[C@@H](C)[C@H](NC(=O)[C@@H](C)NC(=O)CNC(=O)CNC(=O)OCc1ccccc1)C(=O)OC. The number of carbonyl (C=O) groups excluding carboxylic acids is 5. The third-order valence-electron chi connectivity index (χ3n) is 4.79. The van der Waals surface area contributed by atoms with Crippen molar-refractivity contribution in [2.24, 2.45) is 5.92 Å². The zero-order valence-corrected chi connectivity index (χ0v) is 19.3. The van der Waals surface area contributed by atoms with Crippen molar-refractivity contribution in [3.8, 4) is 0 Å². The average molecular weight is 465 g/mol. The molecule has 4 N–H and O–H groups in total. The van der Waals surface area contributed by atoms with E-state index in [1.54, 1.807) is 19.1 Å². The second kappa shape index (κ2) is 14.4. The maximum atomic E-state index is 12.3. The Morgan fingerprint density at radius 3 is 2.15 bits per heavy atom. The van der Waals surface area contributed by atoms with Crippen LogP contribution in [0.3, 0.4) is 0 Å². The van der Waals surface area contributed by atoms with E-state index in [0.717, 1.165) is 5.56 Å². The van der Waals surface area contributed by atoms with Gasteiger partial charge in [0.05, 0.1) is 13.7 Å². The minimum absolute atomic E-state index is 0.0600. The molecule has 0 aliphatic carbocycles. The van der Waals surface area contributed by atoms with Crippen LogP contribution in [0.25, 0.3) is 0 Å². The van der Waals surface area contributed by atoms with E-state index in [-0.39, 0.29) is 19.1 Å². The van der Waals surface area contributed by atoms with Crippen LogP contribution in [0.5, 0.6) is 0 Å². The summed E-state index contributed by atoms with van der Waals surface area (Å²) in [5.74, 6) is -2.51. The number of nitrogens with one attached hydrogen (secondary N) is 4. The molecule has 0 saturated carbocycles. The molecule has 0 fully saturated rings. The lowest BCUT2D eigenvalue weighted by Gasteiger charge is -2.24. The standard InChI is InChI=1S/C22H32N4O7/c1-5-14(2)19(21(30)32-4)26-20(29)15(3)25-18(28)12-23-17(27)11-24-22(31)33-13-16-9-7-6-8-10-16/h6-10,14-15,19H,5,11-13H2,1-4H3,(H,23,27)(H,24,31)(H,25,28)(H,26,29)/t14-,15-,19+/m1/s1. The molecule has 33 heavy (non-hydrogen) atoms. The summed E-state index contributed by atoms with van der Waals surface area (Å²) in [6, 6.07) is 7.25. The molecule has 1 rings (SSSR count). The second-order valence-corrected chi connectivity index (χ2v) is 7.38. The largest absolute Gasteiger partial charge is 0.467 e. The molecule has 0 unspecified atom stereocenters. The minimum Gasteiger partial charge on any atom is -0.467 e. The first-order valence-corrected chi connectivity index (χ1v) is 10.6. The maximum absolute atomic E-state index is 12.3. The number of rotatable bonds is 12. The Labute approximate surface area is 193 Å². The molecule has 11 nitrogen and oxygen atoms in total. The number of benzene rings is 1. The molecule has 1 aromatic carbocycles. The fourth-order valence-corrected chi connectivity index (χ4v) is 2.60. The number of methoxy groups -OCH3 is 1. The average Bonchev–Trinajstić information content (AvgIpc) is 2.82. The molecule has 0 aliphatic heterocycles.